The number of rotatable bonds is 0. The van der Waals surface area contributed by atoms with Crippen molar-refractivity contribution in [2.45, 2.75) is 59.3 Å². The van der Waals surface area contributed by atoms with Crippen LogP contribution in [0.5, 0.6) is 5.75 Å². The number of halogens is 1. The van der Waals surface area contributed by atoms with E-state index in [0.29, 0.717) is 5.75 Å². The zero-order chi connectivity index (χ0) is 12.7. The summed E-state index contributed by atoms with van der Waals surface area (Å²) in [4.78, 5) is 0. The fraction of sp³-hybridized carbons (Fsp3) is 0.600. The zero-order valence-corrected chi connectivity index (χ0v) is 15.8. The molecule has 0 aliphatic rings. The first-order valence-corrected chi connectivity index (χ1v) is 5.88. The average Bonchev–Trinajstić information content (AvgIpc) is 2.04. The van der Waals surface area contributed by atoms with Gasteiger partial charge in [0.1, 0.15) is 5.75 Å². The van der Waals surface area contributed by atoms with Crippen molar-refractivity contribution in [1.29, 1.82) is 0 Å². The Kier molecular flexibility index (Phi) is 7.49. The van der Waals surface area contributed by atoms with E-state index in [1.165, 1.54) is 5.56 Å². The minimum atomic E-state index is -0.0178. The quantitative estimate of drug-likeness (QED) is 0.720. The summed E-state index contributed by atoms with van der Waals surface area (Å²) in [5, 5.41) is 10.4. The van der Waals surface area contributed by atoms with E-state index in [0.717, 1.165) is 11.1 Å². The van der Waals surface area contributed by atoms with Gasteiger partial charge in [-0.1, -0.05) is 59.2 Å². The molecule has 0 aromatic heterocycles. The standard InChI is InChI=1S/C15H24O.ClH.Zr/c1-10-8-11(14(2,3)4)13(16)12(9-10)15(5,6)7;;/h8-9,16H,1-7H3;1H;. The Bertz CT molecular complexity index is 365. The molecule has 0 saturated carbocycles. The fourth-order valence-corrected chi connectivity index (χ4v) is 1.92. The number of hydrogen-bond donors (Lipinski definition) is 1. The van der Waals surface area contributed by atoms with Crippen LogP contribution in [0.4, 0.5) is 0 Å². The molecule has 0 bridgehead atoms. The molecule has 1 N–H and O–H groups in total. The van der Waals surface area contributed by atoms with E-state index >= 15 is 0 Å². The van der Waals surface area contributed by atoms with Gasteiger partial charge in [-0.05, 0) is 28.9 Å². The normalized spacial score (nSPS) is 11.5. The number of aryl methyl sites for hydroxylation is 1. The van der Waals surface area contributed by atoms with Gasteiger partial charge in [-0.15, -0.1) is 12.4 Å². The second-order valence-electron chi connectivity index (χ2n) is 6.71. The fourth-order valence-electron chi connectivity index (χ4n) is 1.92. The summed E-state index contributed by atoms with van der Waals surface area (Å²) < 4.78 is 0. The van der Waals surface area contributed by atoms with Crippen molar-refractivity contribution in [1.82, 2.24) is 0 Å². The van der Waals surface area contributed by atoms with E-state index in [1.54, 1.807) is 0 Å². The number of benzene rings is 1. The van der Waals surface area contributed by atoms with Crippen molar-refractivity contribution in [2.75, 3.05) is 0 Å². The topological polar surface area (TPSA) is 20.2 Å². The number of hydrogen-bond acceptors (Lipinski definition) is 1. The maximum Gasteiger partial charge on any atom is 0.123 e. The van der Waals surface area contributed by atoms with E-state index in [2.05, 4.69) is 60.6 Å². The molecule has 0 spiro atoms. The molecule has 0 saturated heterocycles. The van der Waals surface area contributed by atoms with Crippen LogP contribution < -0.4 is 0 Å². The summed E-state index contributed by atoms with van der Waals surface area (Å²) in [6, 6.07) is 4.18. The van der Waals surface area contributed by atoms with E-state index < -0.39 is 0 Å². The molecule has 102 valence electrons. The number of aromatic hydroxyl groups is 1. The average molecular weight is 348 g/mol. The molecule has 0 amide bonds. The number of phenolic OH excluding ortho intramolecular Hbond substituents is 1. The van der Waals surface area contributed by atoms with Crippen LogP contribution in [0.1, 0.15) is 58.2 Å². The largest absolute Gasteiger partial charge is 0.507 e. The van der Waals surface area contributed by atoms with E-state index in [4.69, 9.17) is 0 Å². The molecule has 0 aliphatic carbocycles. The molecule has 3 heteroatoms. The first-order valence-electron chi connectivity index (χ1n) is 5.88. The van der Waals surface area contributed by atoms with Crippen LogP contribution in [0.2, 0.25) is 0 Å². The number of phenols is 1. The summed E-state index contributed by atoms with van der Waals surface area (Å²) >= 11 is 0. The second kappa shape index (κ2) is 6.57. The van der Waals surface area contributed by atoms with Gasteiger partial charge in [0.2, 0.25) is 0 Å². The van der Waals surface area contributed by atoms with Crippen LogP contribution in [0.25, 0.3) is 0 Å². The van der Waals surface area contributed by atoms with Gasteiger partial charge in [-0.2, -0.15) is 0 Å². The minimum Gasteiger partial charge on any atom is -0.507 e. The van der Waals surface area contributed by atoms with E-state index in [1.807, 2.05) is 0 Å². The molecule has 1 aromatic carbocycles. The van der Waals surface area contributed by atoms with Gasteiger partial charge in [-0.3, -0.25) is 0 Å². The van der Waals surface area contributed by atoms with Gasteiger partial charge in [0, 0.05) is 26.2 Å². The van der Waals surface area contributed by atoms with E-state index in [-0.39, 0.29) is 49.4 Å². The predicted octanol–water partition coefficient (Wildman–Crippen LogP) is 4.71. The van der Waals surface area contributed by atoms with Gasteiger partial charge in [0.15, 0.2) is 0 Å². The van der Waals surface area contributed by atoms with Crippen LogP contribution in [0.15, 0.2) is 12.1 Å². The molecule has 0 fully saturated rings. The van der Waals surface area contributed by atoms with E-state index in [9.17, 15) is 5.11 Å². The zero-order valence-electron chi connectivity index (χ0n) is 12.5. The van der Waals surface area contributed by atoms with Gasteiger partial charge < -0.3 is 5.11 Å². The Hall–Kier alpha value is 0.193. The Morgan fingerprint density at radius 2 is 1.11 bits per heavy atom. The maximum atomic E-state index is 10.4. The van der Waals surface area contributed by atoms with Crippen molar-refractivity contribution in [2.24, 2.45) is 0 Å². The first-order chi connectivity index (χ1) is 7.03. The summed E-state index contributed by atoms with van der Waals surface area (Å²) in [6.07, 6.45) is 0. The second-order valence-corrected chi connectivity index (χ2v) is 6.71. The third-order valence-corrected chi connectivity index (χ3v) is 2.87. The molecule has 0 aliphatic heterocycles. The van der Waals surface area contributed by atoms with Crippen molar-refractivity contribution >= 4 is 12.4 Å². The molecule has 0 atom stereocenters. The SMILES string of the molecule is Cc1cc(C(C)(C)C)c(O)c(C(C)(C)C)c1.Cl.[Zr]. The molecular formula is C15H25ClOZr. The van der Waals surface area contributed by atoms with Crippen molar-refractivity contribution in [3.05, 3.63) is 28.8 Å². The minimum absolute atomic E-state index is 0. The van der Waals surface area contributed by atoms with Crippen molar-refractivity contribution < 1.29 is 31.3 Å². The molecule has 1 aromatic rings. The van der Waals surface area contributed by atoms with Crippen LogP contribution in [-0.4, -0.2) is 5.11 Å². The van der Waals surface area contributed by atoms with Crippen molar-refractivity contribution in [3.8, 4) is 5.75 Å². The Balaban J connectivity index is 0. The molecule has 1 rings (SSSR count). The maximum absolute atomic E-state index is 10.4. The first kappa shape index (κ1) is 20.5. The van der Waals surface area contributed by atoms with Gasteiger partial charge in [-0.25, -0.2) is 0 Å². The van der Waals surface area contributed by atoms with Crippen LogP contribution in [-0.2, 0) is 37.0 Å². The van der Waals surface area contributed by atoms with Gasteiger partial charge in [0.05, 0.1) is 0 Å². The summed E-state index contributed by atoms with van der Waals surface area (Å²) in [7, 11) is 0. The smallest absolute Gasteiger partial charge is 0.123 e. The molecule has 0 radical (unpaired) electrons. The molecule has 0 unspecified atom stereocenters. The predicted molar refractivity (Wildman–Crippen MR) is 77.5 cm³/mol. The third kappa shape index (κ3) is 4.70. The monoisotopic (exact) mass is 346 g/mol. The van der Waals surface area contributed by atoms with Crippen molar-refractivity contribution in [3.63, 3.8) is 0 Å². The molecule has 0 heterocycles. The van der Waals surface area contributed by atoms with Gasteiger partial charge in [0.25, 0.3) is 0 Å². The van der Waals surface area contributed by atoms with Crippen LogP contribution in [0.3, 0.4) is 0 Å². The molecule has 1 nitrogen and oxygen atoms in total. The van der Waals surface area contributed by atoms with Crippen LogP contribution in [0, 0.1) is 6.92 Å². The third-order valence-electron chi connectivity index (χ3n) is 2.87. The van der Waals surface area contributed by atoms with Crippen LogP contribution >= 0.6 is 12.4 Å². The summed E-state index contributed by atoms with van der Waals surface area (Å²) in [5.74, 6) is 0.464. The Morgan fingerprint density at radius 3 is 1.33 bits per heavy atom. The summed E-state index contributed by atoms with van der Waals surface area (Å²) in [5.41, 5.74) is 3.26. The van der Waals surface area contributed by atoms with Gasteiger partial charge >= 0.3 is 0 Å². The summed E-state index contributed by atoms with van der Waals surface area (Å²) in [6.45, 7) is 14.9. The Morgan fingerprint density at radius 1 is 0.833 bits per heavy atom. The Labute approximate surface area is 137 Å². The molecular weight excluding hydrogens is 323 g/mol. The molecule has 18 heavy (non-hydrogen) atoms.